The summed E-state index contributed by atoms with van der Waals surface area (Å²) in [5, 5.41) is 16.6. The van der Waals surface area contributed by atoms with E-state index in [4.69, 9.17) is 5.26 Å². The van der Waals surface area contributed by atoms with Crippen LogP contribution in [0.3, 0.4) is 0 Å². The molecule has 0 bridgehead atoms. The van der Waals surface area contributed by atoms with Crippen LogP contribution < -0.4 is 16.0 Å². The highest BCUT2D eigenvalue weighted by molar-refractivity contribution is 8.01. The molecule has 10 heteroatoms. The number of urea groups is 1. The molecule has 138 valence electrons. The second kappa shape index (κ2) is 7.38. The van der Waals surface area contributed by atoms with E-state index >= 15 is 0 Å². The van der Waals surface area contributed by atoms with Crippen LogP contribution in [0.15, 0.2) is 28.5 Å². The number of amides is 4. The lowest BCUT2D eigenvalue weighted by atomic mass is 9.91. The largest absolute Gasteiger partial charge is 0.322 e. The van der Waals surface area contributed by atoms with Gasteiger partial charge in [-0.3, -0.25) is 20.2 Å². The Kier molecular flexibility index (Phi) is 5.16. The first-order valence-corrected chi connectivity index (χ1v) is 9.66. The molecule has 3 N–H and O–H groups in total. The van der Waals surface area contributed by atoms with E-state index in [9.17, 15) is 14.4 Å². The number of imide groups is 1. The van der Waals surface area contributed by atoms with Gasteiger partial charge in [-0.15, -0.1) is 0 Å². The van der Waals surface area contributed by atoms with E-state index in [1.54, 1.807) is 31.2 Å². The third-order valence-electron chi connectivity index (χ3n) is 3.99. The first-order valence-electron chi connectivity index (χ1n) is 7.86. The van der Waals surface area contributed by atoms with Crippen molar-refractivity contribution in [3.63, 3.8) is 0 Å². The molecule has 4 amide bonds. The Balaban J connectivity index is 1.80. The van der Waals surface area contributed by atoms with Gasteiger partial charge in [-0.1, -0.05) is 35.2 Å². The van der Waals surface area contributed by atoms with E-state index in [-0.39, 0.29) is 5.91 Å². The van der Waals surface area contributed by atoms with Crippen molar-refractivity contribution in [1.29, 1.82) is 5.26 Å². The van der Waals surface area contributed by atoms with Gasteiger partial charge in [0.25, 0.3) is 11.8 Å². The van der Waals surface area contributed by atoms with Crippen LogP contribution in [0.4, 0.5) is 9.93 Å². The molecule has 1 aromatic carbocycles. The summed E-state index contributed by atoms with van der Waals surface area (Å²) in [5.41, 5.74) is 0.356. The van der Waals surface area contributed by atoms with Crippen LogP contribution in [0.1, 0.15) is 28.5 Å². The summed E-state index contributed by atoms with van der Waals surface area (Å²) in [7, 11) is 0. The topological polar surface area (TPSA) is 124 Å². The van der Waals surface area contributed by atoms with Crippen molar-refractivity contribution in [2.45, 2.75) is 23.6 Å². The summed E-state index contributed by atoms with van der Waals surface area (Å²) < 4.78 is 0.874. The zero-order chi connectivity index (χ0) is 19.6. The number of nitrogens with zero attached hydrogens (tertiary/aromatic N) is 2. The summed E-state index contributed by atoms with van der Waals surface area (Å²) in [6, 6.07) is 7.98. The molecule has 0 spiro atoms. The second-order valence-electron chi connectivity index (χ2n) is 5.91. The highest BCUT2D eigenvalue weighted by Gasteiger charge is 2.43. The molecule has 8 nitrogen and oxygen atoms in total. The van der Waals surface area contributed by atoms with Crippen LogP contribution in [0.2, 0.25) is 0 Å². The standard InChI is InChI=1S/C17H15N5O3S2/c1-9-13(26-7-6-18)27-16(19-9)20-12(23)10-4-3-5-11(8-10)17(2)14(24)21-15(25)22-17/h3-5,8H,7H2,1-2H3,(H,19,20,23)(H2,21,22,24,25). The van der Waals surface area contributed by atoms with Gasteiger partial charge in [0.1, 0.15) is 5.54 Å². The maximum Gasteiger partial charge on any atom is 0.322 e. The number of hydrogen-bond acceptors (Lipinski definition) is 7. The molecule has 0 radical (unpaired) electrons. The first kappa shape index (κ1) is 18.9. The smallest absolute Gasteiger partial charge is 0.320 e. The summed E-state index contributed by atoms with van der Waals surface area (Å²) in [6.07, 6.45) is 0. The lowest BCUT2D eigenvalue weighted by Gasteiger charge is -2.21. The van der Waals surface area contributed by atoms with E-state index in [1.165, 1.54) is 23.1 Å². The van der Waals surface area contributed by atoms with Crippen molar-refractivity contribution in [3.8, 4) is 6.07 Å². The summed E-state index contributed by atoms with van der Waals surface area (Å²) >= 11 is 2.67. The molecule has 1 unspecified atom stereocenters. The average Bonchev–Trinajstić information content (AvgIpc) is 3.11. The number of thioether (sulfide) groups is 1. The normalized spacial score (nSPS) is 18.6. The van der Waals surface area contributed by atoms with Crippen LogP contribution in [-0.2, 0) is 10.3 Å². The van der Waals surface area contributed by atoms with E-state index in [2.05, 4.69) is 27.0 Å². The van der Waals surface area contributed by atoms with Crippen LogP contribution in [0, 0.1) is 18.3 Å². The Bertz CT molecular complexity index is 981. The Labute approximate surface area is 163 Å². The average molecular weight is 401 g/mol. The number of aromatic nitrogens is 1. The zero-order valence-electron chi connectivity index (χ0n) is 14.5. The fourth-order valence-corrected chi connectivity index (χ4v) is 4.35. The van der Waals surface area contributed by atoms with Crippen molar-refractivity contribution in [2.75, 3.05) is 11.1 Å². The molecule has 1 aliphatic heterocycles. The summed E-state index contributed by atoms with van der Waals surface area (Å²) in [5.74, 6) is -0.541. The lowest BCUT2D eigenvalue weighted by Crippen LogP contribution is -2.40. The molecule has 27 heavy (non-hydrogen) atoms. The number of anilines is 1. The number of nitrogens with one attached hydrogen (secondary N) is 3. The monoisotopic (exact) mass is 401 g/mol. The highest BCUT2D eigenvalue weighted by atomic mass is 32.2. The third-order valence-corrected chi connectivity index (χ3v) is 6.29. The number of thiazole rings is 1. The number of nitriles is 1. The lowest BCUT2D eigenvalue weighted by molar-refractivity contribution is -0.123. The van der Waals surface area contributed by atoms with Gasteiger partial charge < -0.3 is 5.32 Å². The third kappa shape index (κ3) is 3.79. The number of rotatable bonds is 5. The minimum atomic E-state index is -1.23. The molecule has 1 aromatic heterocycles. The minimum absolute atomic E-state index is 0.310. The molecule has 1 aliphatic rings. The van der Waals surface area contributed by atoms with Gasteiger partial charge in [0.2, 0.25) is 0 Å². The second-order valence-corrected chi connectivity index (χ2v) is 8.15. The number of carbonyl (C=O) groups excluding carboxylic acids is 3. The molecule has 2 aromatic rings. The Morgan fingerprint density at radius 1 is 1.44 bits per heavy atom. The fourth-order valence-electron chi connectivity index (χ4n) is 2.55. The number of aryl methyl sites for hydroxylation is 1. The molecule has 0 aliphatic carbocycles. The van der Waals surface area contributed by atoms with Gasteiger partial charge >= 0.3 is 6.03 Å². The molecule has 1 fully saturated rings. The molecule has 0 saturated carbocycles. The van der Waals surface area contributed by atoms with Crippen molar-refractivity contribution in [3.05, 3.63) is 41.1 Å². The summed E-state index contributed by atoms with van der Waals surface area (Å²) in [6.45, 7) is 3.39. The maximum atomic E-state index is 12.6. The van der Waals surface area contributed by atoms with Gasteiger partial charge in [0.05, 0.1) is 21.7 Å². The van der Waals surface area contributed by atoms with Crippen LogP contribution >= 0.6 is 23.1 Å². The van der Waals surface area contributed by atoms with E-state index in [0.29, 0.717) is 22.0 Å². The van der Waals surface area contributed by atoms with Crippen LogP contribution in [-0.4, -0.2) is 28.6 Å². The van der Waals surface area contributed by atoms with E-state index in [1.807, 2.05) is 6.92 Å². The predicted octanol–water partition coefficient (Wildman–Crippen LogP) is 2.37. The van der Waals surface area contributed by atoms with E-state index in [0.717, 1.165) is 9.90 Å². The van der Waals surface area contributed by atoms with Crippen molar-refractivity contribution in [1.82, 2.24) is 15.6 Å². The van der Waals surface area contributed by atoms with Gasteiger partial charge in [-0.2, -0.15) is 5.26 Å². The number of hydrogen-bond donors (Lipinski definition) is 3. The Hall–Kier alpha value is -2.90. The van der Waals surface area contributed by atoms with Crippen molar-refractivity contribution < 1.29 is 14.4 Å². The number of carbonyl (C=O) groups is 3. The van der Waals surface area contributed by atoms with Gasteiger partial charge in [0, 0.05) is 5.56 Å². The minimum Gasteiger partial charge on any atom is -0.320 e. The van der Waals surface area contributed by atoms with Crippen molar-refractivity contribution >= 4 is 46.1 Å². The van der Waals surface area contributed by atoms with Crippen molar-refractivity contribution in [2.24, 2.45) is 0 Å². The van der Waals surface area contributed by atoms with E-state index < -0.39 is 17.5 Å². The summed E-state index contributed by atoms with van der Waals surface area (Å²) in [4.78, 5) is 40.4. The van der Waals surface area contributed by atoms with Gasteiger partial charge in [-0.25, -0.2) is 9.78 Å². The fraction of sp³-hybridized carbons (Fsp3) is 0.235. The highest BCUT2D eigenvalue weighted by Crippen LogP contribution is 2.32. The van der Waals surface area contributed by atoms with Crippen LogP contribution in [0.25, 0.3) is 0 Å². The first-order chi connectivity index (χ1) is 12.8. The Morgan fingerprint density at radius 2 is 2.22 bits per heavy atom. The maximum absolute atomic E-state index is 12.6. The molecular formula is C17H15N5O3S2. The molecular weight excluding hydrogens is 386 g/mol. The molecule has 1 saturated heterocycles. The predicted molar refractivity (Wildman–Crippen MR) is 102 cm³/mol. The van der Waals surface area contributed by atoms with Gasteiger partial charge in [-0.05, 0) is 31.5 Å². The molecule has 2 heterocycles. The van der Waals surface area contributed by atoms with Gasteiger partial charge in [0.15, 0.2) is 5.13 Å². The quantitative estimate of drug-likeness (QED) is 0.522. The molecule has 3 rings (SSSR count). The number of benzene rings is 1. The SMILES string of the molecule is Cc1nc(NC(=O)c2cccc(C3(C)NC(=O)NC3=O)c2)sc1SCC#N. The molecule has 1 atom stereocenters. The Morgan fingerprint density at radius 3 is 2.89 bits per heavy atom. The zero-order valence-corrected chi connectivity index (χ0v) is 16.1. The van der Waals surface area contributed by atoms with Crippen LogP contribution in [0.5, 0.6) is 0 Å².